The van der Waals surface area contributed by atoms with Gasteiger partial charge in [-0.05, 0) is 35.4 Å². The lowest BCUT2D eigenvalue weighted by atomic mass is 10.1. The number of hydrogen-bond donors (Lipinski definition) is 3. The van der Waals surface area contributed by atoms with Crippen molar-refractivity contribution in [1.29, 1.82) is 0 Å². The summed E-state index contributed by atoms with van der Waals surface area (Å²) < 4.78 is 41.9. The van der Waals surface area contributed by atoms with Gasteiger partial charge in [0.05, 0.1) is 4.90 Å². The van der Waals surface area contributed by atoms with E-state index < -0.39 is 33.7 Å². The van der Waals surface area contributed by atoms with E-state index in [4.69, 9.17) is 5.73 Å². The van der Waals surface area contributed by atoms with Gasteiger partial charge in [0.15, 0.2) is 0 Å². The number of fused-ring (bicyclic) bond motifs is 1. The maximum atomic E-state index is 13.8. The minimum absolute atomic E-state index is 0.0165. The van der Waals surface area contributed by atoms with Crippen LogP contribution in [0.5, 0.6) is 0 Å². The number of benzene rings is 3. The number of rotatable bonds is 9. The molecule has 4 N–H and O–H groups in total. The Morgan fingerprint density at radius 3 is 2.35 bits per heavy atom. The van der Waals surface area contributed by atoms with E-state index in [1.165, 1.54) is 30.3 Å². The number of nitrogens with one attached hydrogen (secondary N) is 2. The summed E-state index contributed by atoms with van der Waals surface area (Å²) in [5.41, 5.74) is 5.42. The number of amides is 2. The van der Waals surface area contributed by atoms with Gasteiger partial charge in [-0.1, -0.05) is 48.5 Å². The Hall–Kier alpha value is -3.30. The molecule has 1 atom stereocenters. The fraction of sp³-hybridized carbons (Fsp3) is 0.182. The molecular formula is C22H22FN3O4S. The first-order valence-corrected chi connectivity index (χ1v) is 11.0. The first-order valence-electron chi connectivity index (χ1n) is 9.57. The molecule has 31 heavy (non-hydrogen) atoms. The molecule has 0 aliphatic carbocycles. The summed E-state index contributed by atoms with van der Waals surface area (Å²) in [7, 11) is -4.07. The summed E-state index contributed by atoms with van der Waals surface area (Å²) in [5, 5.41) is 4.10. The van der Waals surface area contributed by atoms with Gasteiger partial charge in [-0.15, -0.1) is 0 Å². The number of sulfonamides is 1. The van der Waals surface area contributed by atoms with Crippen LogP contribution in [0.25, 0.3) is 10.8 Å². The van der Waals surface area contributed by atoms with Crippen molar-refractivity contribution in [3.05, 3.63) is 78.1 Å². The van der Waals surface area contributed by atoms with Crippen LogP contribution < -0.4 is 15.8 Å². The predicted molar refractivity (Wildman–Crippen MR) is 115 cm³/mol. The van der Waals surface area contributed by atoms with E-state index in [2.05, 4.69) is 10.0 Å². The second-order valence-electron chi connectivity index (χ2n) is 7.00. The highest BCUT2D eigenvalue weighted by molar-refractivity contribution is 7.89. The molecule has 2 amide bonds. The van der Waals surface area contributed by atoms with Crippen LogP contribution in [0.2, 0.25) is 0 Å². The molecule has 0 radical (unpaired) electrons. The Labute approximate surface area is 179 Å². The first kappa shape index (κ1) is 22.4. The summed E-state index contributed by atoms with van der Waals surface area (Å²) >= 11 is 0. The Kier molecular flexibility index (Phi) is 6.98. The number of nitrogens with two attached hydrogens (primary N) is 1. The van der Waals surface area contributed by atoms with Crippen LogP contribution >= 0.6 is 0 Å². The summed E-state index contributed by atoms with van der Waals surface area (Å²) in [6, 6.07) is 16.5. The van der Waals surface area contributed by atoms with Crippen molar-refractivity contribution in [1.82, 2.24) is 10.0 Å². The van der Waals surface area contributed by atoms with Gasteiger partial charge in [-0.3, -0.25) is 9.59 Å². The van der Waals surface area contributed by atoms with Gasteiger partial charge in [0.1, 0.15) is 11.9 Å². The average Bonchev–Trinajstić information content (AvgIpc) is 2.75. The van der Waals surface area contributed by atoms with Crippen molar-refractivity contribution in [2.45, 2.75) is 30.3 Å². The van der Waals surface area contributed by atoms with Gasteiger partial charge in [0.2, 0.25) is 21.8 Å². The highest BCUT2D eigenvalue weighted by Crippen LogP contribution is 2.19. The van der Waals surface area contributed by atoms with Crippen LogP contribution in [-0.2, 0) is 26.2 Å². The molecule has 162 valence electrons. The molecule has 0 aromatic heterocycles. The summed E-state index contributed by atoms with van der Waals surface area (Å²) in [5.74, 6) is -1.85. The second-order valence-corrected chi connectivity index (χ2v) is 8.71. The third-order valence-electron chi connectivity index (χ3n) is 4.74. The molecule has 7 nitrogen and oxygen atoms in total. The third kappa shape index (κ3) is 5.87. The van der Waals surface area contributed by atoms with E-state index in [1.54, 1.807) is 24.3 Å². The Bertz CT molecular complexity index is 1210. The Balaban J connectivity index is 1.78. The van der Waals surface area contributed by atoms with Crippen molar-refractivity contribution in [2.75, 3.05) is 0 Å². The molecule has 3 rings (SSSR count). The monoisotopic (exact) mass is 443 g/mol. The van der Waals surface area contributed by atoms with Crippen LogP contribution in [0.1, 0.15) is 18.4 Å². The molecule has 0 aliphatic rings. The van der Waals surface area contributed by atoms with E-state index >= 15 is 0 Å². The zero-order valence-electron chi connectivity index (χ0n) is 16.5. The fourth-order valence-corrected chi connectivity index (χ4v) is 4.33. The maximum Gasteiger partial charge on any atom is 0.241 e. The van der Waals surface area contributed by atoms with Crippen molar-refractivity contribution < 1.29 is 22.4 Å². The van der Waals surface area contributed by atoms with E-state index in [-0.39, 0.29) is 29.8 Å². The molecule has 0 heterocycles. The molecule has 3 aromatic carbocycles. The molecule has 0 saturated heterocycles. The average molecular weight is 444 g/mol. The molecule has 0 aliphatic heterocycles. The van der Waals surface area contributed by atoms with Gasteiger partial charge < -0.3 is 11.1 Å². The minimum Gasteiger partial charge on any atom is -0.370 e. The normalized spacial score (nSPS) is 12.4. The highest BCUT2D eigenvalue weighted by atomic mass is 32.2. The van der Waals surface area contributed by atoms with Crippen LogP contribution in [0.4, 0.5) is 4.39 Å². The summed E-state index contributed by atoms with van der Waals surface area (Å²) in [4.78, 5) is 23.8. The summed E-state index contributed by atoms with van der Waals surface area (Å²) in [6.45, 7) is -0.129. The summed E-state index contributed by atoms with van der Waals surface area (Å²) in [6.07, 6.45) is -0.330. The predicted octanol–water partition coefficient (Wildman–Crippen LogP) is 2.21. The SMILES string of the molecule is NC(=O)CC[C@@H](NS(=O)(=O)c1ccc2ccccc2c1)C(=O)NCc1ccccc1F. The largest absolute Gasteiger partial charge is 0.370 e. The smallest absolute Gasteiger partial charge is 0.241 e. The number of carbonyl (C=O) groups excluding carboxylic acids is 2. The van der Waals surface area contributed by atoms with Crippen LogP contribution in [0, 0.1) is 5.82 Å². The Morgan fingerprint density at radius 1 is 0.968 bits per heavy atom. The maximum absolute atomic E-state index is 13.8. The molecule has 3 aromatic rings. The van der Waals surface area contributed by atoms with Crippen LogP contribution in [0.3, 0.4) is 0 Å². The zero-order chi connectivity index (χ0) is 22.4. The van der Waals surface area contributed by atoms with Crippen molar-refractivity contribution in [2.24, 2.45) is 5.73 Å². The van der Waals surface area contributed by atoms with Crippen molar-refractivity contribution in [3.63, 3.8) is 0 Å². The van der Waals surface area contributed by atoms with Crippen molar-refractivity contribution in [3.8, 4) is 0 Å². The van der Waals surface area contributed by atoms with Gasteiger partial charge in [0, 0.05) is 18.5 Å². The van der Waals surface area contributed by atoms with Gasteiger partial charge in [-0.25, -0.2) is 12.8 Å². The van der Waals surface area contributed by atoms with Gasteiger partial charge >= 0.3 is 0 Å². The topological polar surface area (TPSA) is 118 Å². The van der Waals surface area contributed by atoms with E-state index in [9.17, 15) is 22.4 Å². The molecule has 0 saturated carbocycles. The molecule has 9 heteroatoms. The lowest BCUT2D eigenvalue weighted by Gasteiger charge is -2.18. The van der Waals surface area contributed by atoms with E-state index in [1.807, 2.05) is 12.1 Å². The number of halogens is 1. The molecule has 0 fully saturated rings. The Morgan fingerprint density at radius 2 is 1.65 bits per heavy atom. The zero-order valence-corrected chi connectivity index (χ0v) is 17.4. The van der Waals surface area contributed by atoms with E-state index in [0.29, 0.717) is 0 Å². The van der Waals surface area contributed by atoms with Crippen LogP contribution in [0.15, 0.2) is 71.6 Å². The van der Waals surface area contributed by atoms with Crippen molar-refractivity contribution >= 4 is 32.6 Å². The number of primary amides is 1. The second kappa shape index (κ2) is 9.67. The van der Waals surface area contributed by atoms with Crippen LogP contribution in [-0.4, -0.2) is 26.3 Å². The standard InChI is InChI=1S/C22H22FN3O4S/c23-19-8-4-3-7-17(19)14-25-22(28)20(11-12-21(24)27)26-31(29,30)18-10-9-15-5-1-2-6-16(15)13-18/h1-10,13,20,26H,11-12,14H2,(H2,24,27)(H,25,28)/t20-/m1/s1. The quantitative estimate of drug-likeness (QED) is 0.470. The molecule has 0 spiro atoms. The lowest BCUT2D eigenvalue weighted by Crippen LogP contribution is -2.46. The number of carbonyl (C=O) groups is 2. The van der Waals surface area contributed by atoms with Gasteiger partial charge in [0.25, 0.3) is 0 Å². The fourth-order valence-electron chi connectivity index (χ4n) is 3.07. The molecule has 0 bridgehead atoms. The highest BCUT2D eigenvalue weighted by Gasteiger charge is 2.26. The molecular weight excluding hydrogens is 421 g/mol. The molecule has 0 unspecified atom stereocenters. The minimum atomic E-state index is -4.07. The lowest BCUT2D eigenvalue weighted by molar-refractivity contribution is -0.123. The third-order valence-corrected chi connectivity index (χ3v) is 6.20. The first-order chi connectivity index (χ1) is 14.8. The van der Waals surface area contributed by atoms with E-state index in [0.717, 1.165) is 10.8 Å². The van der Waals surface area contributed by atoms with Gasteiger partial charge in [-0.2, -0.15) is 4.72 Å². The number of hydrogen-bond acceptors (Lipinski definition) is 4.